The van der Waals surface area contributed by atoms with Gasteiger partial charge in [0.1, 0.15) is 5.01 Å². The number of thiazole rings is 1. The molecule has 7 nitrogen and oxygen atoms in total. The summed E-state index contributed by atoms with van der Waals surface area (Å²) in [6, 6.07) is 11.6. The molecule has 0 saturated heterocycles. The van der Waals surface area contributed by atoms with Crippen LogP contribution in [0, 0.1) is 20.8 Å². The van der Waals surface area contributed by atoms with Gasteiger partial charge in [-0.05, 0) is 50.1 Å². The van der Waals surface area contributed by atoms with Crippen molar-refractivity contribution in [2.75, 3.05) is 18.5 Å². The van der Waals surface area contributed by atoms with Crippen LogP contribution in [0.5, 0.6) is 0 Å². The molecule has 2 N–H and O–H groups in total. The lowest BCUT2D eigenvalue weighted by atomic mass is 10.1. The number of benzene rings is 2. The second-order valence-corrected chi connectivity index (χ2v) is 8.12. The normalized spacial score (nSPS) is 10.9. The summed E-state index contributed by atoms with van der Waals surface area (Å²) < 4.78 is 5.93. The first-order chi connectivity index (χ1) is 14.8. The lowest BCUT2D eigenvalue weighted by Gasteiger charge is -2.13. The van der Waals surface area contributed by atoms with Crippen LogP contribution in [0.1, 0.15) is 21.7 Å². The Hall–Kier alpha value is -3.52. The lowest BCUT2D eigenvalue weighted by molar-refractivity contribution is -0.143. The molecule has 0 radical (unpaired) electrons. The number of anilines is 1. The highest BCUT2D eigenvalue weighted by Crippen LogP contribution is 2.23. The zero-order chi connectivity index (χ0) is 22.4. The van der Waals surface area contributed by atoms with Gasteiger partial charge in [-0.1, -0.05) is 29.8 Å². The minimum Gasteiger partial charge on any atom is -0.452 e. The maximum atomic E-state index is 12.1. The van der Waals surface area contributed by atoms with Gasteiger partial charge >= 0.3 is 5.97 Å². The SMILES string of the molecule is Cc1cc(C)c(NC(=O)CNC(=O)COC(=O)C=Cc2nc3ccccc3s2)c(C)c1. The number of carbonyl (C=O) groups excluding carboxylic acids is 3. The number of carbonyl (C=O) groups is 3. The van der Waals surface area contributed by atoms with Crippen molar-refractivity contribution < 1.29 is 19.1 Å². The van der Waals surface area contributed by atoms with Crippen LogP contribution in [0.25, 0.3) is 16.3 Å². The first-order valence-corrected chi connectivity index (χ1v) is 10.5. The van der Waals surface area contributed by atoms with E-state index in [1.54, 1.807) is 6.08 Å². The number of rotatable bonds is 7. The maximum absolute atomic E-state index is 12.1. The van der Waals surface area contributed by atoms with Gasteiger partial charge in [0.25, 0.3) is 5.91 Å². The van der Waals surface area contributed by atoms with Crippen LogP contribution < -0.4 is 10.6 Å². The van der Waals surface area contributed by atoms with Gasteiger partial charge in [0.2, 0.25) is 5.91 Å². The molecule has 0 fully saturated rings. The van der Waals surface area contributed by atoms with Crippen molar-refractivity contribution >= 4 is 51.1 Å². The number of aryl methyl sites for hydroxylation is 3. The van der Waals surface area contributed by atoms with Gasteiger partial charge < -0.3 is 15.4 Å². The van der Waals surface area contributed by atoms with Gasteiger partial charge in [-0.15, -0.1) is 11.3 Å². The van der Waals surface area contributed by atoms with Gasteiger partial charge in [-0.25, -0.2) is 9.78 Å². The van der Waals surface area contributed by atoms with E-state index in [0.717, 1.165) is 32.6 Å². The predicted octanol–water partition coefficient (Wildman–Crippen LogP) is 3.53. The van der Waals surface area contributed by atoms with Gasteiger partial charge in [0.15, 0.2) is 6.61 Å². The smallest absolute Gasteiger partial charge is 0.331 e. The Morgan fingerprint density at radius 2 is 1.77 bits per heavy atom. The molecular weight excluding hydrogens is 414 g/mol. The van der Waals surface area contributed by atoms with Crippen LogP contribution in [0.2, 0.25) is 0 Å². The highest BCUT2D eigenvalue weighted by molar-refractivity contribution is 7.19. The van der Waals surface area contributed by atoms with Gasteiger partial charge in [-0.3, -0.25) is 9.59 Å². The van der Waals surface area contributed by atoms with Crippen LogP contribution in [0.4, 0.5) is 5.69 Å². The van der Waals surface area contributed by atoms with E-state index >= 15 is 0 Å². The quantitative estimate of drug-likeness (QED) is 0.435. The molecule has 160 valence electrons. The molecule has 1 aromatic heterocycles. The van der Waals surface area contributed by atoms with E-state index in [9.17, 15) is 14.4 Å². The third-order valence-electron chi connectivity index (χ3n) is 4.41. The van der Waals surface area contributed by atoms with Gasteiger partial charge in [-0.2, -0.15) is 0 Å². The number of ether oxygens (including phenoxy) is 1. The van der Waals surface area contributed by atoms with E-state index in [0.29, 0.717) is 5.01 Å². The van der Waals surface area contributed by atoms with Crippen molar-refractivity contribution in [3.63, 3.8) is 0 Å². The zero-order valence-corrected chi connectivity index (χ0v) is 18.3. The molecule has 0 spiro atoms. The molecule has 0 aliphatic heterocycles. The van der Waals surface area contributed by atoms with E-state index in [-0.39, 0.29) is 12.5 Å². The maximum Gasteiger partial charge on any atom is 0.331 e. The molecule has 1 heterocycles. The topological polar surface area (TPSA) is 97.4 Å². The van der Waals surface area contributed by atoms with Gasteiger partial charge in [0, 0.05) is 11.8 Å². The highest BCUT2D eigenvalue weighted by atomic mass is 32.1. The fraction of sp³-hybridized carbons (Fsp3) is 0.217. The average Bonchev–Trinajstić information content (AvgIpc) is 3.15. The third kappa shape index (κ3) is 6.23. The fourth-order valence-electron chi connectivity index (χ4n) is 3.08. The van der Waals surface area contributed by atoms with E-state index in [2.05, 4.69) is 15.6 Å². The number of fused-ring (bicyclic) bond motifs is 1. The van der Waals surface area contributed by atoms with Crippen LogP contribution in [-0.2, 0) is 19.1 Å². The summed E-state index contributed by atoms with van der Waals surface area (Å²) in [6.45, 7) is 5.12. The van der Waals surface area contributed by atoms with Crippen molar-refractivity contribution in [1.82, 2.24) is 10.3 Å². The minimum absolute atomic E-state index is 0.218. The van der Waals surface area contributed by atoms with Crippen LogP contribution in [0.3, 0.4) is 0 Å². The molecule has 0 saturated carbocycles. The summed E-state index contributed by atoms with van der Waals surface area (Å²) >= 11 is 1.45. The molecule has 0 aliphatic carbocycles. The summed E-state index contributed by atoms with van der Waals surface area (Å²) in [6.07, 6.45) is 2.77. The molecule has 0 atom stereocenters. The number of nitrogens with one attached hydrogen (secondary N) is 2. The zero-order valence-electron chi connectivity index (χ0n) is 17.5. The number of para-hydroxylation sites is 1. The second kappa shape index (κ2) is 9.99. The molecule has 0 aliphatic rings. The Morgan fingerprint density at radius 3 is 2.48 bits per heavy atom. The summed E-state index contributed by atoms with van der Waals surface area (Å²) in [4.78, 5) is 40.2. The Labute approximate surface area is 184 Å². The average molecular weight is 438 g/mol. The first kappa shape index (κ1) is 22.2. The summed E-state index contributed by atoms with van der Waals surface area (Å²) in [5, 5.41) is 5.90. The van der Waals surface area contributed by atoms with Crippen molar-refractivity contribution in [2.45, 2.75) is 20.8 Å². The number of nitrogens with zero attached hydrogens (tertiary/aromatic N) is 1. The summed E-state index contributed by atoms with van der Waals surface area (Å²) in [5.74, 6) is -1.58. The number of esters is 1. The monoisotopic (exact) mass is 437 g/mol. The Bertz CT molecular complexity index is 1110. The number of amides is 2. The van der Waals surface area contributed by atoms with Crippen molar-refractivity contribution in [3.05, 3.63) is 64.2 Å². The third-order valence-corrected chi connectivity index (χ3v) is 5.41. The number of aromatic nitrogens is 1. The molecule has 31 heavy (non-hydrogen) atoms. The largest absolute Gasteiger partial charge is 0.452 e. The predicted molar refractivity (Wildman–Crippen MR) is 122 cm³/mol. The molecule has 0 unspecified atom stereocenters. The van der Waals surface area contributed by atoms with Gasteiger partial charge in [0.05, 0.1) is 16.8 Å². The molecule has 2 amide bonds. The summed E-state index contributed by atoms with van der Waals surface area (Å²) in [5.41, 5.74) is 4.60. The van der Waals surface area contributed by atoms with E-state index in [1.807, 2.05) is 57.2 Å². The molecule has 3 rings (SSSR count). The van der Waals surface area contributed by atoms with E-state index in [1.165, 1.54) is 17.4 Å². The van der Waals surface area contributed by atoms with Crippen molar-refractivity contribution in [3.8, 4) is 0 Å². The second-order valence-electron chi connectivity index (χ2n) is 7.06. The molecule has 2 aromatic carbocycles. The minimum atomic E-state index is -0.662. The molecule has 0 bridgehead atoms. The highest BCUT2D eigenvalue weighted by Gasteiger charge is 2.11. The fourth-order valence-corrected chi connectivity index (χ4v) is 3.95. The van der Waals surface area contributed by atoms with Crippen LogP contribution in [-0.4, -0.2) is 35.9 Å². The lowest BCUT2D eigenvalue weighted by Crippen LogP contribution is -2.35. The van der Waals surface area contributed by atoms with E-state index < -0.39 is 18.5 Å². The standard InChI is InChI=1S/C23H23N3O4S/c1-14-10-15(2)23(16(3)11-14)26-19(27)12-24-20(28)13-30-22(29)9-8-21-25-17-6-4-5-7-18(17)31-21/h4-11H,12-13H2,1-3H3,(H,24,28)(H,26,27). The summed E-state index contributed by atoms with van der Waals surface area (Å²) in [7, 11) is 0. The molecule has 8 heteroatoms. The Morgan fingerprint density at radius 1 is 1.06 bits per heavy atom. The Balaban J connectivity index is 1.42. The number of hydrogen-bond donors (Lipinski definition) is 2. The number of hydrogen-bond acceptors (Lipinski definition) is 6. The van der Waals surface area contributed by atoms with Crippen LogP contribution >= 0.6 is 11.3 Å². The molecular formula is C23H23N3O4S. The van der Waals surface area contributed by atoms with Crippen LogP contribution in [0.15, 0.2) is 42.5 Å². The van der Waals surface area contributed by atoms with E-state index in [4.69, 9.17) is 4.74 Å². The Kier molecular flexibility index (Phi) is 7.15. The van der Waals surface area contributed by atoms with Crippen molar-refractivity contribution in [1.29, 1.82) is 0 Å². The first-order valence-electron chi connectivity index (χ1n) is 9.66. The van der Waals surface area contributed by atoms with Crippen molar-refractivity contribution in [2.24, 2.45) is 0 Å². The molecule has 3 aromatic rings.